The van der Waals surface area contributed by atoms with Gasteiger partial charge >= 0.3 is 5.97 Å². The molecule has 0 aliphatic carbocycles. The standard InChI is InChI=1S/C19H25NO4/c1-3-24-17-9-6-15(7-10-17)5-4-13-20-14-12-16(19(20)22)8-11-18(21)23-2/h6-7,9-10,12H,3-5,8,11,13-14H2,1-2H3. The average molecular weight is 331 g/mol. The molecule has 1 aromatic rings. The summed E-state index contributed by atoms with van der Waals surface area (Å²) < 4.78 is 10.0. The Labute approximate surface area is 143 Å². The van der Waals surface area contributed by atoms with Crippen molar-refractivity contribution in [3.63, 3.8) is 0 Å². The molecule has 0 N–H and O–H groups in total. The van der Waals surface area contributed by atoms with Crippen molar-refractivity contribution in [2.24, 2.45) is 0 Å². The van der Waals surface area contributed by atoms with Gasteiger partial charge in [-0.15, -0.1) is 0 Å². The molecule has 5 nitrogen and oxygen atoms in total. The summed E-state index contributed by atoms with van der Waals surface area (Å²) in [6.07, 6.45) is 4.47. The lowest BCUT2D eigenvalue weighted by molar-refractivity contribution is -0.140. The number of rotatable bonds is 9. The molecule has 5 heteroatoms. The second kappa shape index (κ2) is 9.11. The molecule has 130 valence electrons. The predicted molar refractivity (Wildman–Crippen MR) is 91.8 cm³/mol. The van der Waals surface area contributed by atoms with E-state index in [9.17, 15) is 9.59 Å². The van der Waals surface area contributed by atoms with E-state index >= 15 is 0 Å². The third-order valence-corrected chi connectivity index (χ3v) is 4.07. The first-order chi connectivity index (χ1) is 11.6. The first kappa shape index (κ1) is 18.0. The fraction of sp³-hybridized carbons (Fsp3) is 0.474. The minimum atomic E-state index is -0.280. The van der Waals surface area contributed by atoms with Crippen LogP contribution in [0.2, 0.25) is 0 Å². The lowest BCUT2D eigenvalue weighted by Gasteiger charge is -2.16. The first-order valence-corrected chi connectivity index (χ1v) is 8.41. The van der Waals surface area contributed by atoms with E-state index in [-0.39, 0.29) is 18.3 Å². The molecular formula is C19H25NO4. The van der Waals surface area contributed by atoms with Crippen LogP contribution < -0.4 is 4.74 Å². The minimum Gasteiger partial charge on any atom is -0.494 e. The Morgan fingerprint density at radius 2 is 1.96 bits per heavy atom. The van der Waals surface area contributed by atoms with Gasteiger partial charge in [0.1, 0.15) is 5.75 Å². The molecule has 0 bridgehead atoms. The number of hydrogen-bond acceptors (Lipinski definition) is 4. The van der Waals surface area contributed by atoms with Crippen LogP contribution in [0.15, 0.2) is 35.9 Å². The van der Waals surface area contributed by atoms with Crippen LogP contribution in [0.4, 0.5) is 0 Å². The second-order valence-corrected chi connectivity index (χ2v) is 5.74. The van der Waals surface area contributed by atoms with E-state index in [0.717, 1.165) is 30.7 Å². The summed E-state index contributed by atoms with van der Waals surface area (Å²) in [6, 6.07) is 8.09. The van der Waals surface area contributed by atoms with Crippen molar-refractivity contribution in [3.8, 4) is 5.75 Å². The molecule has 0 saturated carbocycles. The number of benzene rings is 1. The van der Waals surface area contributed by atoms with Gasteiger partial charge in [-0.05, 0) is 43.9 Å². The third kappa shape index (κ3) is 5.11. The van der Waals surface area contributed by atoms with Crippen LogP contribution in [-0.4, -0.2) is 43.6 Å². The van der Waals surface area contributed by atoms with Crippen LogP contribution in [0.1, 0.15) is 31.7 Å². The maximum Gasteiger partial charge on any atom is 0.305 e. The molecule has 0 spiro atoms. The van der Waals surface area contributed by atoms with E-state index in [1.165, 1.54) is 12.7 Å². The maximum absolute atomic E-state index is 12.3. The Morgan fingerprint density at radius 3 is 2.62 bits per heavy atom. The highest BCUT2D eigenvalue weighted by atomic mass is 16.5. The van der Waals surface area contributed by atoms with Crippen molar-refractivity contribution in [2.75, 3.05) is 26.8 Å². The van der Waals surface area contributed by atoms with Crippen LogP contribution in [-0.2, 0) is 20.7 Å². The van der Waals surface area contributed by atoms with E-state index < -0.39 is 0 Å². The number of amides is 1. The number of carbonyl (C=O) groups is 2. The van der Waals surface area contributed by atoms with Gasteiger partial charge in [0.05, 0.1) is 13.7 Å². The predicted octanol–water partition coefficient (Wildman–Crippen LogP) is 2.74. The van der Waals surface area contributed by atoms with E-state index in [1.54, 1.807) is 0 Å². The number of carbonyl (C=O) groups excluding carboxylic acids is 2. The Hall–Kier alpha value is -2.30. The van der Waals surface area contributed by atoms with Crippen LogP contribution in [0.3, 0.4) is 0 Å². The summed E-state index contributed by atoms with van der Waals surface area (Å²) in [5.74, 6) is 0.652. The number of methoxy groups -OCH3 is 1. The van der Waals surface area contributed by atoms with Gasteiger partial charge in [0, 0.05) is 25.1 Å². The van der Waals surface area contributed by atoms with Gasteiger partial charge in [0.15, 0.2) is 0 Å². The Kier molecular flexibility index (Phi) is 6.85. The Balaban J connectivity index is 1.71. The Morgan fingerprint density at radius 1 is 1.21 bits per heavy atom. The summed E-state index contributed by atoms with van der Waals surface area (Å²) in [5, 5.41) is 0. The van der Waals surface area contributed by atoms with Crippen molar-refractivity contribution in [2.45, 2.75) is 32.6 Å². The molecule has 0 atom stereocenters. The molecular weight excluding hydrogens is 306 g/mol. The zero-order valence-electron chi connectivity index (χ0n) is 14.4. The zero-order valence-corrected chi connectivity index (χ0v) is 14.4. The molecule has 1 aliphatic rings. The van der Waals surface area contributed by atoms with Gasteiger partial charge in [0.25, 0.3) is 0 Å². The molecule has 1 aromatic carbocycles. The lowest BCUT2D eigenvalue weighted by atomic mass is 10.1. The molecule has 0 saturated heterocycles. The van der Waals surface area contributed by atoms with E-state index in [2.05, 4.69) is 16.9 Å². The van der Waals surface area contributed by atoms with Crippen LogP contribution in [0.5, 0.6) is 5.75 Å². The van der Waals surface area contributed by atoms with Crippen LogP contribution in [0, 0.1) is 0 Å². The molecule has 2 rings (SSSR count). The van der Waals surface area contributed by atoms with Gasteiger partial charge in [-0.1, -0.05) is 18.2 Å². The average Bonchev–Trinajstić information content (AvgIpc) is 2.95. The van der Waals surface area contributed by atoms with Crippen molar-refractivity contribution in [1.82, 2.24) is 4.90 Å². The summed E-state index contributed by atoms with van der Waals surface area (Å²) in [4.78, 5) is 25.3. The highest BCUT2D eigenvalue weighted by molar-refractivity contribution is 5.96. The summed E-state index contributed by atoms with van der Waals surface area (Å²) in [5.41, 5.74) is 1.96. The number of esters is 1. The molecule has 0 radical (unpaired) electrons. The quantitative estimate of drug-likeness (QED) is 0.653. The summed E-state index contributed by atoms with van der Waals surface area (Å²) in [6.45, 7) is 4.00. The third-order valence-electron chi connectivity index (χ3n) is 4.07. The minimum absolute atomic E-state index is 0.0468. The molecule has 1 amide bonds. The van der Waals surface area contributed by atoms with Gasteiger partial charge in [-0.25, -0.2) is 0 Å². The lowest BCUT2D eigenvalue weighted by Crippen LogP contribution is -2.28. The molecule has 24 heavy (non-hydrogen) atoms. The highest BCUT2D eigenvalue weighted by Crippen LogP contribution is 2.18. The number of aryl methyl sites for hydroxylation is 1. The molecule has 0 aromatic heterocycles. The summed E-state index contributed by atoms with van der Waals surface area (Å²) >= 11 is 0. The smallest absolute Gasteiger partial charge is 0.305 e. The van der Waals surface area contributed by atoms with Gasteiger partial charge < -0.3 is 14.4 Å². The SMILES string of the molecule is CCOc1ccc(CCCN2CC=C(CCC(=O)OC)C2=O)cc1. The van der Waals surface area contributed by atoms with Crippen LogP contribution >= 0.6 is 0 Å². The summed E-state index contributed by atoms with van der Waals surface area (Å²) in [7, 11) is 1.36. The monoisotopic (exact) mass is 331 g/mol. The first-order valence-electron chi connectivity index (χ1n) is 8.41. The normalized spacial score (nSPS) is 13.8. The van der Waals surface area contributed by atoms with Gasteiger partial charge in [-0.2, -0.15) is 0 Å². The van der Waals surface area contributed by atoms with E-state index in [1.807, 2.05) is 30.0 Å². The molecule has 1 heterocycles. The van der Waals surface area contributed by atoms with Crippen molar-refractivity contribution >= 4 is 11.9 Å². The number of nitrogens with zero attached hydrogens (tertiary/aromatic N) is 1. The van der Waals surface area contributed by atoms with Gasteiger partial charge in [0.2, 0.25) is 5.91 Å². The van der Waals surface area contributed by atoms with E-state index in [0.29, 0.717) is 19.6 Å². The number of ether oxygens (including phenoxy) is 2. The van der Waals surface area contributed by atoms with E-state index in [4.69, 9.17) is 4.74 Å². The largest absolute Gasteiger partial charge is 0.494 e. The molecule has 1 aliphatic heterocycles. The fourth-order valence-corrected chi connectivity index (χ4v) is 2.73. The van der Waals surface area contributed by atoms with Crippen LogP contribution in [0.25, 0.3) is 0 Å². The Bertz CT molecular complexity index is 592. The number of hydrogen-bond donors (Lipinski definition) is 0. The highest BCUT2D eigenvalue weighted by Gasteiger charge is 2.23. The topological polar surface area (TPSA) is 55.8 Å². The van der Waals surface area contributed by atoms with Gasteiger partial charge in [-0.3, -0.25) is 9.59 Å². The van der Waals surface area contributed by atoms with Crippen molar-refractivity contribution < 1.29 is 19.1 Å². The van der Waals surface area contributed by atoms with Crippen molar-refractivity contribution in [1.29, 1.82) is 0 Å². The molecule has 0 unspecified atom stereocenters. The maximum atomic E-state index is 12.3. The fourth-order valence-electron chi connectivity index (χ4n) is 2.73. The van der Waals surface area contributed by atoms with Crippen molar-refractivity contribution in [3.05, 3.63) is 41.5 Å². The zero-order chi connectivity index (χ0) is 17.4. The second-order valence-electron chi connectivity index (χ2n) is 5.74. The molecule has 0 fully saturated rings.